The van der Waals surface area contributed by atoms with Gasteiger partial charge in [-0.05, 0) is 44.9 Å². The van der Waals surface area contributed by atoms with Gasteiger partial charge in [-0.3, -0.25) is 14.2 Å². The van der Waals surface area contributed by atoms with Crippen LogP contribution in [-0.4, -0.2) is 49.9 Å². The number of phosphoric ester groups is 1. The minimum absolute atomic E-state index is 0. The molecule has 0 aliphatic carbocycles. The second kappa shape index (κ2) is 39.2. The smallest absolute Gasteiger partial charge is 0.756 e. The van der Waals surface area contributed by atoms with E-state index in [1.165, 1.54) is 77.0 Å². The fourth-order valence-corrected chi connectivity index (χ4v) is 6.23. The molecule has 0 fully saturated rings. The first-order valence-electron chi connectivity index (χ1n) is 20.4. The molecule has 0 rings (SSSR count). The van der Waals surface area contributed by atoms with Gasteiger partial charge < -0.3 is 39.0 Å². The van der Waals surface area contributed by atoms with Crippen molar-refractivity contribution in [1.82, 2.24) is 0 Å². The number of ether oxygens (including phenoxy) is 2. The third kappa shape index (κ3) is 39.0. The van der Waals surface area contributed by atoms with E-state index in [0.29, 0.717) is 12.8 Å². The molecule has 11 nitrogen and oxygen atoms in total. The Hall–Kier alpha value is -1.04. The Kier molecular flexibility index (Phi) is 40.0. The van der Waals surface area contributed by atoms with Crippen molar-refractivity contribution in [2.75, 3.05) is 19.8 Å². The second-order valence-electron chi connectivity index (χ2n) is 13.8. The number of allylic oxidation sites excluding steroid dienone is 4. The zero-order valence-corrected chi connectivity index (χ0v) is 36.6. The van der Waals surface area contributed by atoms with Gasteiger partial charge in [-0.25, -0.2) is 0 Å². The molecule has 0 spiro atoms. The summed E-state index contributed by atoms with van der Waals surface area (Å²) in [6.45, 7) is 2.66. The Labute approximate surface area is 343 Å². The predicted molar refractivity (Wildman–Crippen MR) is 202 cm³/mol. The summed E-state index contributed by atoms with van der Waals surface area (Å²) >= 11 is 0. The second-order valence-corrected chi connectivity index (χ2v) is 15.2. The van der Waals surface area contributed by atoms with Crippen LogP contribution in [0.2, 0.25) is 0 Å². The summed E-state index contributed by atoms with van der Waals surface area (Å²) in [5.74, 6) is -2.59. The fourth-order valence-electron chi connectivity index (χ4n) is 5.45. The van der Waals surface area contributed by atoms with Gasteiger partial charge in [0, 0.05) is 12.8 Å². The van der Waals surface area contributed by atoms with E-state index in [0.717, 1.165) is 64.2 Å². The number of unbranched alkanes of at least 4 members (excludes halogenated alkanes) is 20. The number of aliphatic carboxylic acids is 1. The summed E-state index contributed by atoms with van der Waals surface area (Å²) in [4.78, 5) is 47.9. The van der Waals surface area contributed by atoms with Gasteiger partial charge >= 0.3 is 41.5 Å². The van der Waals surface area contributed by atoms with Gasteiger partial charge in [0.1, 0.15) is 25.2 Å². The SMILES string of the molecule is CCCCCC=CCC=CCCCCCCCC(=O)O[C@H](COC(=O)CCCCCCCCCCCCCCC)COP(=O)([O-])OC[C@H]([NH3+])C(=O)[O-].[Na+]. The first-order chi connectivity index (χ1) is 25.1. The molecule has 0 bridgehead atoms. The van der Waals surface area contributed by atoms with Crippen LogP contribution in [0.4, 0.5) is 0 Å². The standard InChI is InChI=1S/C40H74NO10P.Na/c1-3-5-7-9-11-13-15-17-18-20-22-24-26-28-30-32-39(43)51-36(34-49-52(46,47)50-35-37(41)40(44)45)33-48-38(42)31-29-27-25-23-21-19-16-14-12-10-8-6-4-2;/h11,13,17-18,36-37H,3-10,12,14-16,19-35,41H2,1-2H3,(H,44,45)(H,46,47);/q;+1/p-1/t36-,37+;/m1./s1. The van der Waals surface area contributed by atoms with Crippen molar-refractivity contribution in [3.05, 3.63) is 24.3 Å². The number of esters is 2. The van der Waals surface area contributed by atoms with Crippen molar-refractivity contribution in [1.29, 1.82) is 0 Å². The molecule has 0 saturated carbocycles. The monoisotopic (exact) mass is 781 g/mol. The Morgan fingerprint density at radius 2 is 1.02 bits per heavy atom. The Morgan fingerprint density at radius 3 is 1.53 bits per heavy atom. The zero-order chi connectivity index (χ0) is 38.5. The molecular weight excluding hydrogens is 708 g/mol. The van der Waals surface area contributed by atoms with Gasteiger partial charge in [-0.2, -0.15) is 0 Å². The Morgan fingerprint density at radius 1 is 0.604 bits per heavy atom. The van der Waals surface area contributed by atoms with Gasteiger partial charge in [-0.15, -0.1) is 0 Å². The van der Waals surface area contributed by atoms with E-state index in [2.05, 4.69) is 48.4 Å². The van der Waals surface area contributed by atoms with Crippen LogP contribution in [0.5, 0.6) is 0 Å². The maximum atomic E-state index is 12.6. The van der Waals surface area contributed by atoms with Crippen LogP contribution < -0.4 is 45.3 Å². The number of phosphoric acid groups is 1. The average Bonchev–Trinajstić information content (AvgIpc) is 3.12. The molecule has 13 heteroatoms. The molecule has 304 valence electrons. The number of carboxylic acid groups (broad SMARTS) is 1. The van der Waals surface area contributed by atoms with Crippen molar-refractivity contribution in [3.63, 3.8) is 0 Å². The number of rotatable bonds is 38. The molecular formula is C40H73NNaO10P. The molecule has 3 N–H and O–H groups in total. The fraction of sp³-hybridized carbons (Fsp3) is 0.825. The molecule has 0 radical (unpaired) electrons. The van der Waals surface area contributed by atoms with Crippen LogP contribution in [0.25, 0.3) is 0 Å². The van der Waals surface area contributed by atoms with Crippen LogP contribution >= 0.6 is 7.82 Å². The molecule has 0 aromatic carbocycles. The Bertz CT molecular complexity index is 997. The molecule has 0 aromatic heterocycles. The van der Waals surface area contributed by atoms with Gasteiger partial charge in [0.25, 0.3) is 7.82 Å². The third-order valence-electron chi connectivity index (χ3n) is 8.73. The van der Waals surface area contributed by atoms with Crippen molar-refractivity contribution >= 4 is 25.7 Å². The van der Waals surface area contributed by atoms with Crippen LogP contribution in [0.1, 0.15) is 181 Å². The topological polar surface area (TPSA) is 179 Å². The zero-order valence-electron chi connectivity index (χ0n) is 33.7. The van der Waals surface area contributed by atoms with Crippen molar-refractivity contribution in [2.45, 2.75) is 193 Å². The first-order valence-corrected chi connectivity index (χ1v) is 21.9. The molecule has 0 aromatic rings. The largest absolute Gasteiger partial charge is 1.00 e. The number of carbonyl (C=O) groups is 3. The van der Waals surface area contributed by atoms with Crippen LogP contribution in [0.15, 0.2) is 24.3 Å². The molecule has 53 heavy (non-hydrogen) atoms. The average molecular weight is 782 g/mol. The number of hydrogen-bond donors (Lipinski definition) is 1. The molecule has 0 saturated heterocycles. The summed E-state index contributed by atoms with van der Waals surface area (Å²) in [7, 11) is -4.95. The van der Waals surface area contributed by atoms with E-state index in [9.17, 15) is 28.9 Å². The Balaban J connectivity index is 0. The number of quaternary nitrogens is 1. The van der Waals surface area contributed by atoms with Crippen LogP contribution in [0, 0.1) is 0 Å². The van der Waals surface area contributed by atoms with Gasteiger partial charge in [0.15, 0.2) is 6.10 Å². The minimum Gasteiger partial charge on any atom is -0.756 e. The van der Waals surface area contributed by atoms with Crippen LogP contribution in [-0.2, 0) is 37.5 Å². The van der Waals surface area contributed by atoms with Crippen molar-refractivity contribution < 1.29 is 82.8 Å². The molecule has 0 heterocycles. The summed E-state index contributed by atoms with van der Waals surface area (Å²) < 4.78 is 32.3. The maximum Gasteiger partial charge on any atom is 1.00 e. The molecule has 1 unspecified atom stereocenters. The van der Waals surface area contributed by atoms with E-state index < -0.39 is 51.1 Å². The number of carboxylic acids is 1. The maximum absolute atomic E-state index is 12.6. The van der Waals surface area contributed by atoms with E-state index in [-0.39, 0.29) is 49.0 Å². The molecule has 0 aliphatic heterocycles. The van der Waals surface area contributed by atoms with Gasteiger partial charge in [-0.1, -0.05) is 147 Å². The molecule has 0 aliphatic rings. The summed E-state index contributed by atoms with van der Waals surface area (Å²) in [6.07, 6.45) is 35.1. The molecule has 0 amide bonds. The summed E-state index contributed by atoms with van der Waals surface area (Å²) in [5.41, 5.74) is 3.23. The number of carbonyl (C=O) groups excluding carboxylic acids is 3. The van der Waals surface area contributed by atoms with Crippen LogP contribution in [0.3, 0.4) is 0 Å². The number of hydrogen-bond acceptors (Lipinski definition) is 10. The van der Waals surface area contributed by atoms with Gasteiger partial charge in [0.2, 0.25) is 0 Å². The normalized spacial score (nSPS) is 13.8. The van der Waals surface area contributed by atoms with Crippen molar-refractivity contribution in [2.24, 2.45) is 0 Å². The van der Waals surface area contributed by atoms with E-state index in [1.54, 1.807) is 0 Å². The minimum atomic E-state index is -4.95. The summed E-state index contributed by atoms with van der Waals surface area (Å²) in [5, 5.41) is 10.8. The van der Waals surface area contributed by atoms with Crippen molar-refractivity contribution in [3.8, 4) is 0 Å². The first kappa shape index (κ1) is 54.1. The van der Waals surface area contributed by atoms with E-state index in [4.69, 9.17) is 14.0 Å². The molecule has 3 atom stereocenters. The van der Waals surface area contributed by atoms with Gasteiger partial charge in [0.05, 0.1) is 6.61 Å². The predicted octanol–water partition coefficient (Wildman–Crippen LogP) is 4.60. The quantitative estimate of drug-likeness (QED) is 0.0306. The summed E-state index contributed by atoms with van der Waals surface area (Å²) in [6, 6.07) is -1.42. The van der Waals surface area contributed by atoms with E-state index >= 15 is 0 Å². The van der Waals surface area contributed by atoms with E-state index in [1.807, 2.05) is 0 Å². The third-order valence-corrected chi connectivity index (χ3v) is 9.66.